The van der Waals surface area contributed by atoms with Gasteiger partial charge in [-0.1, -0.05) is 13.8 Å². The SMILES string of the molecule is CCC(CC)C(=O)N1CCC(S(=O)(=O)c2ccc(OC)cc2)CC1. The molecule has 2 rings (SSSR count). The van der Waals surface area contributed by atoms with Crippen LogP contribution in [0.2, 0.25) is 0 Å². The lowest BCUT2D eigenvalue weighted by Gasteiger charge is -2.33. The summed E-state index contributed by atoms with van der Waals surface area (Å²) in [5.74, 6) is 0.861. The first-order valence-corrected chi connectivity index (χ1v) is 10.1. The van der Waals surface area contributed by atoms with Gasteiger partial charge in [-0.05, 0) is 49.9 Å². The number of hydrogen-bond donors (Lipinski definition) is 0. The highest BCUT2D eigenvalue weighted by Gasteiger charge is 2.33. The summed E-state index contributed by atoms with van der Waals surface area (Å²) in [6.07, 6.45) is 2.67. The zero-order chi connectivity index (χ0) is 17.7. The summed E-state index contributed by atoms with van der Waals surface area (Å²) >= 11 is 0. The maximum atomic E-state index is 12.8. The third kappa shape index (κ3) is 3.91. The number of benzene rings is 1. The number of carbonyl (C=O) groups excluding carboxylic acids is 1. The van der Waals surface area contributed by atoms with Crippen LogP contribution < -0.4 is 4.74 Å². The van der Waals surface area contributed by atoms with E-state index in [-0.39, 0.29) is 11.8 Å². The van der Waals surface area contributed by atoms with Gasteiger partial charge in [0.05, 0.1) is 17.3 Å². The Morgan fingerprint density at radius 3 is 2.17 bits per heavy atom. The summed E-state index contributed by atoms with van der Waals surface area (Å²) in [5.41, 5.74) is 0. The molecule has 1 fully saturated rings. The molecule has 0 radical (unpaired) electrons. The van der Waals surface area contributed by atoms with Crippen molar-refractivity contribution in [1.82, 2.24) is 4.90 Å². The van der Waals surface area contributed by atoms with Crippen molar-refractivity contribution in [3.8, 4) is 5.75 Å². The van der Waals surface area contributed by atoms with E-state index in [0.29, 0.717) is 36.6 Å². The van der Waals surface area contributed by atoms with Gasteiger partial charge in [0.2, 0.25) is 5.91 Å². The number of rotatable bonds is 6. The van der Waals surface area contributed by atoms with Crippen molar-refractivity contribution in [3.63, 3.8) is 0 Å². The summed E-state index contributed by atoms with van der Waals surface area (Å²) in [5, 5.41) is -0.420. The number of methoxy groups -OCH3 is 1. The van der Waals surface area contributed by atoms with Gasteiger partial charge < -0.3 is 9.64 Å². The van der Waals surface area contributed by atoms with E-state index in [4.69, 9.17) is 4.74 Å². The van der Waals surface area contributed by atoms with Crippen LogP contribution in [0.3, 0.4) is 0 Å². The Hall–Kier alpha value is -1.56. The Balaban J connectivity index is 2.03. The van der Waals surface area contributed by atoms with Crippen LogP contribution in [0.25, 0.3) is 0 Å². The molecular weight excluding hydrogens is 326 g/mol. The number of sulfone groups is 1. The van der Waals surface area contributed by atoms with Crippen LogP contribution in [0.5, 0.6) is 5.75 Å². The normalized spacial score (nSPS) is 16.4. The molecule has 134 valence electrons. The predicted molar refractivity (Wildman–Crippen MR) is 93.9 cm³/mol. The van der Waals surface area contributed by atoms with Gasteiger partial charge in [0, 0.05) is 19.0 Å². The van der Waals surface area contributed by atoms with Crippen LogP contribution >= 0.6 is 0 Å². The highest BCUT2D eigenvalue weighted by atomic mass is 32.2. The molecule has 24 heavy (non-hydrogen) atoms. The standard InChI is InChI=1S/C18H27NO4S/c1-4-14(5-2)18(20)19-12-10-17(11-13-19)24(21,22)16-8-6-15(23-3)7-9-16/h6-9,14,17H,4-5,10-13H2,1-3H3. The first kappa shape index (κ1) is 18.8. The minimum absolute atomic E-state index is 0.0553. The van der Waals surface area contributed by atoms with E-state index in [1.165, 1.54) is 0 Å². The highest BCUT2D eigenvalue weighted by molar-refractivity contribution is 7.92. The first-order chi connectivity index (χ1) is 11.4. The number of amides is 1. The second-order valence-electron chi connectivity index (χ2n) is 6.26. The summed E-state index contributed by atoms with van der Waals surface area (Å²) in [6, 6.07) is 6.52. The monoisotopic (exact) mass is 353 g/mol. The molecule has 0 unspecified atom stereocenters. The third-order valence-electron chi connectivity index (χ3n) is 4.92. The van der Waals surface area contributed by atoms with Crippen molar-refractivity contribution in [2.45, 2.75) is 49.7 Å². The molecule has 0 spiro atoms. The van der Waals surface area contributed by atoms with Crippen molar-refractivity contribution in [1.29, 1.82) is 0 Å². The topological polar surface area (TPSA) is 63.7 Å². The molecule has 1 heterocycles. The van der Waals surface area contributed by atoms with E-state index < -0.39 is 15.1 Å². The van der Waals surface area contributed by atoms with Crippen LogP contribution in [-0.4, -0.2) is 44.7 Å². The highest BCUT2D eigenvalue weighted by Crippen LogP contribution is 2.27. The van der Waals surface area contributed by atoms with Gasteiger partial charge in [-0.3, -0.25) is 4.79 Å². The fourth-order valence-electron chi connectivity index (χ4n) is 3.24. The lowest BCUT2D eigenvalue weighted by Crippen LogP contribution is -2.44. The smallest absolute Gasteiger partial charge is 0.225 e. The van der Waals surface area contributed by atoms with Crippen LogP contribution in [0.15, 0.2) is 29.2 Å². The minimum Gasteiger partial charge on any atom is -0.497 e. The summed E-state index contributed by atoms with van der Waals surface area (Å²) in [7, 11) is -1.81. The minimum atomic E-state index is -3.36. The quantitative estimate of drug-likeness (QED) is 0.789. The van der Waals surface area contributed by atoms with Crippen molar-refractivity contribution in [2.75, 3.05) is 20.2 Å². The molecule has 0 bridgehead atoms. The Bertz CT molecular complexity index is 642. The number of hydrogen-bond acceptors (Lipinski definition) is 4. The Morgan fingerprint density at radius 1 is 1.17 bits per heavy atom. The number of carbonyl (C=O) groups is 1. The Labute approximate surface area is 144 Å². The second kappa shape index (κ2) is 8.01. The van der Waals surface area contributed by atoms with E-state index in [1.54, 1.807) is 31.4 Å². The van der Waals surface area contributed by atoms with E-state index >= 15 is 0 Å². The molecular formula is C18H27NO4S. The maximum Gasteiger partial charge on any atom is 0.225 e. The lowest BCUT2D eigenvalue weighted by atomic mass is 10.00. The average Bonchev–Trinajstić information content (AvgIpc) is 2.62. The van der Waals surface area contributed by atoms with E-state index in [1.807, 2.05) is 18.7 Å². The summed E-state index contributed by atoms with van der Waals surface area (Å²) in [4.78, 5) is 14.6. The molecule has 0 atom stereocenters. The molecule has 1 aliphatic heterocycles. The number of ether oxygens (including phenoxy) is 1. The maximum absolute atomic E-state index is 12.8. The molecule has 1 aromatic carbocycles. The van der Waals surface area contributed by atoms with Gasteiger partial charge in [-0.2, -0.15) is 0 Å². The first-order valence-electron chi connectivity index (χ1n) is 8.60. The van der Waals surface area contributed by atoms with Gasteiger partial charge in [0.15, 0.2) is 9.84 Å². The third-order valence-corrected chi connectivity index (χ3v) is 7.19. The van der Waals surface area contributed by atoms with E-state index in [0.717, 1.165) is 12.8 Å². The molecule has 6 heteroatoms. The molecule has 1 saturated heterocycles. The predicted octanol–water partition coefficient (Wildman–Crippen LogP) is 2.90. The fraction of sp³-hybridized carbons (Fsp3) is 0.611. The van der Waals surface area contributed by atoms with Gasteiger partial charge in [-0.15, -0.1) is 0 Å². The molecule has 1 amide bonds. The van der Waals surface area contributed by atoms with Crippen molar-refractivity contribution >= 4 is 15.7 Å². The summed E-state index contributed by atoms with van der Waals surface area (Å²) < 4.78 is 30.6. The average molecular weight is 353 g/mol. The molecule has 0 aromatic heterocycles. The Morgan fingerprint density at radius 2 is 1.71 bits per heavy atom. The number of piperidine rings is 1. The number of nitrogens with zero attached hydrogens (tertiary/aromatic N) is 1. The fourth-order valence-corrected chi connectivity index (χ4v) is 4.97. The zero-order valence-corrected chi connectivity index (χ0v) is 15.5. The molecule has 5 nitrogen and oxygen atoms in total. The zero-order valence-electron chi connectivity index (χ0n) is 14.7. The van der Waals surface area contributed by atoms with Gasteiger partial charge >= 0.3 is 0 Å². The van der Waals surface area contributed by atoms with Gasteiger partial charge in [-0.25, -0.2) is 8.42 Å². The molecule has 0 N–H and O–H groups in total. The van der Waals surface area contributed by atoms with E-state index in [9.17, 15) is 13.2 Å². The molecule has 0 aliphatic carbocycles. The van der Waals surface area contributed by atoms with Crippen molar-refractivity contribution in [2.24, 2.45) is 5.92 Å². The van der Waals surface area contributed by atoms with Crippen LogP contribution in [0.4, 0.5) is 0 Å². The van der Waals surface area contributed by atoms with Crippen LogP contribution in [0.1, 0.15) is 39.5 Å². The van der Waals surface area contributed by atoms with Gasteiger partial charge in [0.1, 0.15) is 5.75 Å². The Kier molecular flexibility index (Phi) is 6.27. The largest absolute Gasteiger partial charge is 0.497 e. The molecule has 0 saturated carbocycles. The van der Waals surface area contributed by atoms with E-state index in [2.05, 4.69) is 0 Å². The van der Waals surface area contributed by atoms with Crippen molar-refractivity contribution in [3.05, 3.63) is 24.3 Å². The van der Waals surface area contributed by atoms with Crippen molar-refractivity contribution < 1.29 is 17.9 Å². The number of likely N-dealkylation sites (tertiary alicyclic amines) is 1. The summed E-state index contributed by atoms with van der Waals surface area (Å²) in [6.45, 7) is 5.09. The van der Waals surface area contributed by atoms with Crippen LogP contribution in [-0.2, 0) is 14.6 Å². The molecule has 1 aromatic rings. The lowest BCUT2D eigenvalue weighted by molar-refractivity contribution is -0.136. The van der Waals surface area contributed by atoms with Gasteiger partial charge in [0.25, 0.3) is 0 Å². The molecule has 1 aliphatic rings. The second-order valence-corrected chi connectivity index (χ2v) is 8.49. The van der Waals surface area contributed by atoms with Crippen LogP contribution in [0, 0.1) is 5.92 Å².